The molecule has 1 aromatic rings. The highest BCUT2D eigenvalue weighted by molar-refractivity contribution is 7.16. The van der Waals surface area contributed by atoms with Crippen molar-refractivity contribution in [2.45, 2.75) is 6.92 Å². The van der Waals surface area contributed by atoms with Crippen LogP contribution in [0.2, 0.25) is 0 Å². The third kappa shape index (κ3) is 2.89. The summed E-state index contributed by atoms with van der Waals surface area (Å²) in [5.41, 5.74) is 0.727. The number of nitrogens with zero attached hydrogens (tertiary/aromatic N) is 1. The van der Waals surface area contributed by atoms with Gasteiger partial charge in [-0.25, -0.2) is 4.79 Å². The number of carbonyl (C=O) groups is 1. The number of thiophene rings is 1. The van der Waals surface area contributed by atoms with Gasteiger partial charge in [0.1, 0.15) is 4.88 Å². The molecule has 1 N–H and O–H groups in total. The third-order valence-corrected chi connectivity index (χ3v) is 2.72. The molecule has 4 heteroatoms. The first-order valence-corrected chi connectivity index (χ1v) is 5.15. The van der Waals surface area contributed by atoms with Crippen LogP contribution in [0.3, 0.4) is 0 Å². The Kier molecular flexibility index (Phi) is 4.00. The van der Waals surface area contributed by atoms with Crippen molar-refractivity contribution < 1.29 is 9.90 Å². The van der Waals surface area contributed by atoms with Crippen LogP contribution >= 0.6 is 11.3 Å². The number of hydrogen-bond donors (Lipinski definition) is 1. The van der Waals surface area contributed by atoms with Crippen molar-refractivity contribution in [3.8, 4) is 0 Å². The molecule has 0 saturated carbocycles. The van der Waals surface area contributed by atoms with Gasteiger partial charge in [0, 0.05) is 6.20 Å². The molecular weight excluding hydrogens is 210 g/mol. The van der Waals surface area contributed by atoms with Gasteiger partial charge >= 0.3 is 5.97 Å². The Morgan fingerprint density at radius 2 is 2.20 bits per heavy atom. The maximum Gasteiger partial charge on any atom is 0.345 e. The summed E-state index contributed by atoms with van der Waals surface area (Å²) in [6.07, 6.45) is 5.11. The van der Waals surface area contributed by atoms with Gasteiger partial charge in [-0.2, -0.15) is 0 Å². The number of aromatic carboxylic acids is 1. The molecule has 0 radical (unpaired) electrons. The lowest BCUT2D eigenvalue weighted by atomic mass is 10.3. The summed E-state index contributed by atoms with van der Waals surface area (Å²) >= 11 is 1.20. The molecule has 1 rings (SSSR count). The maximum absolute atomic E-state index is 10.7. The third-order valence-electron chi connectivity index (χ3n) is 1.62. The minimum absolute atomic E-state index is 0.311. The van der Waals surface area contributed by atoms with Gasteiger partial charge in [0.15, 0.2) is 0 Å². The molecule has 0 unspecified atom stereocenters. The second kappa shape index (κ2) is 5.26. The van der Waals surface area contributed by atoms with Crippen molar-refractivity contribution in [1.82, 2.24) is 0 Å². The number of aliphatic imine (C=N–C) groups is 1. The number of hydrogen-bond acceptors (Lipinski definition) is 3. The van der Waals surface area contributed by atoms with E-state index in [1.165, 1.54) is 17.5 Å². The first-order valence-electron chi connectivity index (χ1n) is 4.34. The van der Waals surface area contributed by atoms with Crippen LogP contribution in [-0.4, -0.2) is 16.8 Å². The van der Waals surface area contributed by atoms with Crippen LogP contribution in [0.15, 0.2) is 42.1 Å². The van der Waals surface area contributed by atoms with Gasteiger partial charge < -0.3 is 5.11 Å². The molecule has 0 aliphatic heterocycles. The maximum atomic E-state index is 10.7. The molecule has 0 fully saturated rings. The Labute approximate surface area is 92.1 Å². The largest absolute Gasteiger partial charge is 0.477 e. The molecule has 3 nitrogen and oxygen atoms in total. The summed E-state index contributed by atoms with van der Waals surface area (Å²) in [6.45, 7) is 5.40. The number of rotatable bonds is 4. The van der Waals surface area contributed by atoms with Gasteiger partial charge in [-0.3, -0.25) is 4.99 Å². The highest BCUT2D eigenvalue weighted by atomic mass is 32.1. The molecule has 1 heterocycles. The predicted octanol–water partition coefficient (Wildman–Crippen LogP) is 2.96. The summed E-state index contributed by atoms with van der Waals surface area (Å²) in [5, 5.41) is 8.77. The molecule has 0 aliphatic carbocycles. The summed E-state index contributed by atoms with van der Waals surface area (Å²) in [5.74, 6) is -0.912. The zero-order chi connectivity index (χ0) is 11.3. The van der Waals surface area contributed by atoms with Crippen LogP contribution in [0.5, 0.6) is 0 Å². The average molecular weight is 221 g/mol. The zero-order valence-electron chi connectivity index (χ0n) is 8.30. The van der Waals surface area contributed by atoms with Crippen LogP contribution in [0.25, 0.3) is 0 Å². The zero-order valence-corrected chi connectivity index (χ0v) is 9.12. The Hall–Kier alpha value is -1.68. The van der Waals surface area contributed by atoms with Crippen LogP contribution in [0.1, 0.15) is 21.5 Å². The lowest BCUT2D eigenvalue weighted by Gasteiger charge is -1.93. The van der Waals surface area contributed by atoms with Gasteiger partial charge in [-0.1, -0.05) is 12.7 Å². The quantitative estimate of drug-likeness (QED) is 0.795. The van der Waals surface area contributed by atoms with E-state index in [0.717, 1.165) is 10.6 Å². The molecule has 15 heavy (non-hydrogen) atoms. The van der Waals surface area contributed by atoms with Crippen molar-refractivity contribution in [2.24, 2.45) is 4.99 Å². The topological polar surface area (TPSA) is 49.7 Å². The highest BCUT2D eigenvalue weighted by Crippen LogP contribution is 2.18. The van der Waals surface area contributed by atoms with E-state index in [1.807, 2.05) is 19.1 Å². The van der Waals surface area contributed by atoms with E-state index in [2.05, 4.69) is 11.6 Å². The lowest BCUT2D eigenvalue weighted by Crippen LogP contribution is -1.92. The summed E-state index contributed by atoms with van der Waals surface area (Å²) in [7, 11) is 0. The first kappa shape index (κ1) is 11.4. The highest BCUT2D eigenvalue weighted by Gasteiger charge is 2.08. The fraction of sp³-hybridized carbons (Fsp3) is 0.0909. The van der Waals surface area contributed by atoms with Gasteiger partial charge in [-0.15, -0.1) is 11.3 Å². The predicted molar refractivity (Wildman–Crippen MR) is 62.8 cm³/mol. The Balaban J connectivity index is 3.07. The van der Waals surface area contributed by atoms with Gasteiger partial charge in [0.25, 0.3) is 0 Å². The van der Waals surface area contributed by atoms with Gasteiger partial charge in [0.05, 0.1) is 10.6 Å². The minimum Gasteiger partial charge on any atom is -0.477 e. The van der Waals surface area contributed by atoms with E-state index < -0.39 is 5.97 Å². The second-order valence-electron chi connectivity index (χ2n) is 2.67. The second-order valence-corrected chi connectivity index (χ2v) is 3.75. The van der Waals surface area contributed by atoms with E-state index in [9.17, 15) is 4.79 Å². The van der Waals surface area contributed by atoms with E-state index in [1.54, 1.807) is 12.1 Å². The number of carboxylic acids is 1. The summed E-state index contributed by atoms with van der Waals surface area (Å²) in [4.78, 5) is 15.9. The molecule has 0 bridgehead atoms. The normalized spacial score (nSPS) is 11.9. The molecule has 0 amide bonds. The van der Waals surface area contributed by atoms with E-state index >= 15 is 0 Å². The monoisotopic (exact) mass is 221 g/mol. The smallest absolute Gasteiger partial charge is 0.345 e. The van der Waals surface area contributed by atoms with E-state index in [-0.39, 0.29) is 0 Å². The van der Waals surface area contributed by atoms with Crippen molar-refractivity contribution in [3.63, 3.8) is 0 Å². The van der Waals surface area contributed by atoms with Crippen LogP contribution in [-0.2, 0) is 0 Å². The fourth-order valence-corrected chi connectivity index (χ4v) is 1.86. The number of carboxylic acid groups (broad SMARTS) is 1. The van der Waals surface area contributed by atoms with Gasteiger partial charge in [0.2, 0.25) is 0 Å². The Morgan fingerprint density at radius 1 is 1.53 bits per heavy atom. The standard InChI is InChI=1S/C11H11NO2S/c1-3-5-8(12-4-2)9-6-7-10(15-9)11(13)14/h3-7H,2H2,1H3,(H,13,14)/b5-3-,12-8?. The number of allylic oxidation sites excluding steroid dienone is 2. The summed E-state index contributed by atoms with van der Waals surface area (Å²) in [6, 6.07) is 3.32. The van der Waals surface area contributed by atoms with Gasteiger partial charge in [-0.05, 0) is 25.1 Å². The molecule has 78 valence electrons. The van der Waals surface area contributed by atoms with Crippen LogP contribution < -0.4 is 0 Å². The van der Waals surface area contributed by atoms with Crippen molar-refractivity contribution in [2.75, 3.05) is 0 Å². The molecule has 0 aliphatic rings. The Morgan fingerprint density at radius 3 is 2.67 bits per heavy atom. The fourth-order valence-electron chi connectivity index (χ4n) is 1.04. The molecule has 1 aromatic heterocycles. The molecule has 0 spiro atoms. The van der Waals surface area contributed by atoms with Crippen LogP contribution in [0, 0.1) is 0 Å². The van der Waals surface area contributed by atoms with Crippen molar-refractivity contribution in [3.05, 3.63) is 46.8 Å². The minimum atomic E-state index is -0.912. The first-order chi connectivity index (χ1) is 7.19. The van der Waals surface area contributed by atoms with E-state index in [4.69, 9.17) is 5.11 Å². The molecule has 0 atom stereocenters. The molecule has 0 aromatic carbocycles. The molecule has 0 saturated heterocycles. The average Bonchev–Trinajstić information content (AvgIpc) is 2.66. The summed E-state index contributed by atoms with van der Waals surface area (Å²) < 4.78 is 0. The van der Waals surface area contributed by atoms with Crippen molar-refractivity contribution in [1.29, 1.82) is 0 Å². The van der Waals surface area contributed by atoms with E-state index in [0.29, 0.717) is 4.88 Å². The van der Waals surface area contributed by atoms with Crippen molar-refractivity contribution >= 4 is 23.0 Å². The SMILES string of the molecule is C=CN=C(/C=C\C)c1ccc(C(=O)O)s1. The Bertz CT molecular complexity index is 430. The lowest BCUT2D eigenvalue weighted by molar-refractivity contribution is 0.0702. The molecular formula is C11H11NO2S. The van der Waals surface area contributed by atoms with Crippen LogP contribution in [0.4, 0.5) is 0 Å².